The van der Waals surface area contributed by atoms with Gasteiger partial charge in [0.15, 0.2) is 0 Å². The van der Waals surface area contributed by atoms with Crippen molar-refractivity contribution in [3.05, 3.63) is 24.3 Å². The number of ether oxygens (including phenoxy) is 1. The van der Waals surface area contributed by atoms with Crippen LogP contribution in [0.15, 0.2) is 24.3 Å². The molecule has 0 spiro atoms. The van der Waals surface area contributed by atoms with Crippen molar-refractivity contribution in [3.63, 3.8) is 0 Å². The Kier molecular flexibility index (Phi) is 3.77. The molecule has 3 nitrogen and oxygen atoms in total. The van der Waals surface area contributed by atoms with Gasteiger partial charge < -0.3 is 10.1 Å². The van der Waals surface area contributed by atoms with E-state index in [1.807, 2.05) is 13.8 Å². The van der Waals surface area contributed by atoms with Crippen molar-refractivity contribution >= 4 is 22.7 Å². The molecule has 0 fully saturated rings. The second-order valence-electron chi connectivity index (χ2n) is 3.09. The van der Waals surface area contributed by atoms with Gasteiger partial charge in [0.2, 0.25) is 0 Å². The molecule has 1 N–H and O–H groups in total. The predicted molar refractivity (Wildman–Crippen MR) is 57.1 cm³/mol. The fraction of sp³-hybridized carbons (Fsp3) is 0.300. The first-order valence-electron chi connectivity index (χ1n) is 4.31. The molecule has 0 bridgehead atoms. The number of rotatable bonds is 3. The van der Waals surface area contributed by atoms with Crippen LogP contribution in [0.2, 0.25) is 0 Å². The van der Waals surface area contributed by atoms with Gasteiger partial charge in [0.05, 0.1) is 6.10 Å². The van der Waals surface area contributed by atoms with Crippen LogP contribution in [0.25, 0.3) is 0 Å². The Morgan fingerprint density at radius 2 is 1.93 bits per heavy atom. The highest BCUT2D eigenvalue weighted by Gasteiger charge is 1.99. The molecule has 0 heterocycles. The van der Waals surface area contributed by atoms with Crippen molar-refractivity contribution in [2.24, 2.45) is 0 Å². The summed E-state index contributed by atoms with van der Waals surface area (Å²) in [7, 11) is 0. The summed E-state index contributed by atoms with van der Waals surface area (Å²) in [5, 5.41) is 1.86. The molecule has 14 heavy (non-hydrogen) atoms. The van der Waals surface area contributed by atoms with Gasteiger partial charge in [-0.15, -0.1) is 0 Å². The number of carbonyl (C=O) groups excluding carboxylic acids is 1. The minimum Gasteiger partial charge on any atom is -0.491 e. The second-order valence-corrected chi connectivity index (χ2v) is 3.43. The van der Waals surface area contributed by atoms with Gasteiger partial charge in [-0.25, -0.2) is 0 Å². The third-order valence-electron chi connectivity index (χ3n) is 1.47. The van der Waals surface area contributed by atoms with Crippen molar-refractivity contribution in [2.45, 2.75) is 20.0 Å². The Morgan fingerprint density at radius 1 is 1.36 bits per heavy atom. The largest absolute Gasteiger partial charge is 0.491 e. The minimum absolute atomic E-state index is 0.142. The van der Waals surface area contributed by atoms with Crippen LogP contribution in [0.1, 0.15) is 13.8 Å². The molecule has 76 valence electrons. The second kappa shape index (κ2) is 4.86. The number of hydrogen-bond acceptors (Lipinski definition) is 2. The molecule has 0 aromatic heterocycles. The number of benzene rings is 1. The van der Waals surface area contributed by atoms with E-state index in [1.54, 1.807) is 24.3 Å². The van der Waals surface area contributed by atoms with E-state index in [2.05, 4.69) is 5.32 Å². The van der Waals surface area contributed by atoms with Gasteiger partial charge in [0.1, 0.15) is 5.75 Å². The average Bonchev–Trinajstić information content (AvgIpc) is 2.06. The van der Waals surface area contributed by atoms with Crippen LogP contribution < -0.4 is 10.1 Å². The lowest BCUT2D eigenvalue weighted by atomic mass is 10.3. The molecule has 1 aromatic rings. The number of carbonyl (C=O) groups is 1. The smallest absolute Gasteiger partial charge is 0.318 e. The van der Waals surface area contributed by atoms with E-state index in [9.17, 15) is 4.79 Å². The van der Waals surface area contributed by atoms with Crippen molar-refractivity contribution in [3.8, 4) is 5.75 Å². The SMILES string of the molecule is CC(C)Oc1ccc(NC(=O)Cl)cc1. The summed E-state index contributed by atoms with van der Waals surface area (Å²) >= 11 is 5.16. The Labute approximate surface area is 88.0 Å². The highest BCUT2D eigenvalue weighted by Crippen LogP contribution is 2.17. The number of amides is 1. The maximum absolute atomic E-state index is 10.5. The van der Waals surface area contributed by atoms with Gasteiger partial charge >= 0.3 is 5.37 Å². The van der Waals surface area contributed by atoms with E-state index in [0.717, 1.165) is 5.75 Å². The molecular formula is C10H12ClNO2. The Morgan fingerprint density at radius 3 is 2.36 bits per heavy atom. The summed E-state index contributed by atoms with van der Waals surface area (Å²) in [4.78, 5) is 10.5. The number of hydrogen-bond donors (Lipinski definition) is 1. The van der Waals surface area contributed by atoms with Gasteiger partial charge in [-0.1, -0.05) is 0 Å². The third-order valence-corrected chi connectivity index (χ3v) is 1.56. The molecule has 0 saturated carbocycles. The van der Waals surface area contributed by atoms with Gasteiger partial charge in [-0.3, -0.25) is 4.79 Å². The molecule has 0 atom stereocenters. The van der Waals surface area contributed by atoms with Crippen molar-refractivity contribution in [1.82, 2.24) is 0 Å². The Balaban J connectivity index is 2.63. The minimum atomic E-state index is -0.595. The van der Waals surface area contributed by atoms with Crippen molar-refractivity contribution in [2.75, 3.05) is 5.32 Å². The predicted octanol–water partition coefficient (Wildman–Crippen LogP) is 3.24. The third kappa shape index (κ3) is 3.66. The molecule has 0 radical (unpaired) electrons. The number of halogens is 1. The van der Waals surface area contributed by atoms with Gasteiger partial charge in [0, 0.05) is 5.69 Å². The van der Waals surface area contributed by atoms with Crippen LogP contribution in [0.3, 0.4) is 0 Å². The topological polar surface area (TPSA) is 38.3 Å². The van der Waals surface area contributed by atoms with E-state index in [1.165, 1.54) is 0 Å². The molecule has 0 aliphatic carbocycles. The zero-order chi connectivity index (χ0) is 10.6. The molecule has 1 rings (SSSR count). The van der Waals surface area contributed by atoms with Crippen LogP contribution in [-0.2, 0) is 0 Å². The molecule has 1 aromatic carbocycles. The van der Waals surface area contributed by atoms with E-state index < -0.39 is 5.37 Å². The molecule has 4 heteroatoms. The lowest BCUT2D eigenvalue weighted by molar-refractivity contribution is 0.242. The van der Waals surface area contributed by atoms with Gasteiger partial charge in [-0.05, 0) is 49.7 Å². The van der Waals surface area contributed by atoms with Gasteiger partial charge in [-0.2, -0.15) is 0 Å². The summed E-state index contributed by atoms with van der Waals surface area (Å²) in [6.45, 7) is 3.91. The molecular weight excluding hydrogens is 202 g/mol. The molecule has 0 aliphatic rings. The van der Waals surface area contributed by atoms with Gasteiger partial charge in [0.25, 0.3) is 0 Å². The maximum atomic E-state index is 10.5. The van der Waals surface area contributed by atoms with E-state index in [4.69, 9.17) is 16.3 Å². The first-order chi connectivity index (χ1) is 6.58. The lowest BCUT2D eigenvalue weighted by Crippen LogP contribution is -2.05. The van der Waals surface area contributed by atoms with Crippen LogP contribution in [0.4, 0.5) is 10.5 Å². The highest BCUT2D eigenvalue weighted by molar-refractivity contribution is 6.65. The molecule has 0 aliphatic heterocycles. The lowest BCUT2D eigenvalue weighted by Gasteiger charge is -2.09. The number of anilines is 1. The van der Waals surface area contributed by atoms with Crippen LogP contribution in [-0.4, -0.2) is 11.5 Å². The zero-order valence-electron chi connectivity index (χ0n) is 8.08. The Bertz CT molecular complexity index is 308. The summed E-state index contributed by atoms with van der Waals surface area (Å²) in [6, 6.07) is 7.03. The fourth-order valence-electron chi connectivity index (χ4n) is 1.00. The zero-order valence-corrected chi connectivity index (χ0v) is 8.84. The van der Waals surface area contributed by atoms with E-state index >= 15 is 0 Å². The first kappa shape index (κ1) is 10.9. The molecule has 0 saturated heterocycles. The standard InChI is InChI=1S/C10H12ClNO2/c1-7(2)14-9-5-3-8(4-6-9)12-10(11)13/h3-7H,1-2H3,(H,12,13). The summed E-state index contributed by atoms with van der Waals surface area (Å²) in [5.41, 5.74) is 0.654. The van der Waals surface area contributed by atoms with Crippen LogP contribution >= 0.6 is 11.6 Å². The van der Waals surface area contributed by atoms with E-state index in [0.29, 0.717) is 5.69 Å². The Hall–Kier alpha value is -1.22. The van der Waals surface area contributed by atoms with Crippen molar-refractivity contribution < 1.29 is 9.53 Å². The fourth-order valence-corrected chi connectivity index (χ4v) is 1.11. The van der Waals surface area contributed by atoms with E-state index in [-0.39, 0.29) is 6.10 Å². The van der Waals surface area contributed by atoms with Crippen molar-refractivity contribution in [1.29, 1.82) is 0 Å². The number of nitrogens with one attached hydrogen (secondary N) is 1. The monoisotopic (exact) mass is 213 g/mol. The highest BCUT2D eigenvalue weighted by atomic mass is 35.5. The van der Waals surface area contributed by atoms with Crippen LogP contribution in [0.5, 0.6) is 5.75 Å². The summed E-state index contributed by atoms with van der Waals surface area (Å²) in [5.74, 6) is 0.771. The quantitative estimate of drug-likeness (QED) is 0.618. The van der Waals surface area contributed by atoms with Crippen LogP contribution in [0, 0.1) is 0 Å². The first-order valence-corrected chi connectivity index (χ1v) is 4.69. The summed E-state index contributed by atoms with van der Waals surface area (Å²) in [6.07, 6.45) is 0.142. The molecule has 1 amide bonds. The maximum Gasteiger partial charge on any atom is 0.318 e. The molecule has 0 unspecified atom stereocenters. The average molecular weight is 214 g/mol. The normalized spacial score (nSPS) is 10.0. The summed E-state index contributed by atoms with van der Waals surface area (Å²) < 4.78 is 5.43.